The zero-order valence-electron chi connectivity index (χ0n) is 21.4. The highest BCUT2D eigenvalue weighted by Gasteiger charge is 2.35. The first-order chi connectivity index (χ1) is 18.0. The Kier molecular flexibility index (Phi) is 11.2. The summed E-state index contributed by atoms with van der Waals surface area (Å²) in [5.41, 5.74) is 6.53. The summed E-state index contributed by atoms with van der Waals surface area (Å²) in [5.74, 6) is -3.72. The molecule has 0 aliphatic carbocycles. The van der Waals surface area contributed by atoms with E-state index in [1.807, 2.05) is 6.07 Å². The number of nitro benzene ring substituents is 1. The zero-order chi connectivity index (χ0) is 28.2. The number of nitrogens with zero attached hydrogens (tertiary/aromatic N) is 1. The van der Waals surface area contributed by atoms with Crippen LogP contribution >= 0.6 is 0 Å². The second-order valence-corrected chi connectivity index (χ2v) is 8.78. The Hall–Kier alpha value is -4.48. The number of esters is 1. The average molecular weight is 529 g/mol. The highest BCUT2D eigenvalue weighted by Crippen LogP contribution is 2.27. The molecule has 0 saturated heterocycles. The minimum atomic E-state index is -1.39. The van der Waals surface area contributed by atoms with E-state index in [0.717, 1.165) is 5.56 Å². The highest BCUT2D eigenvalue weighted by atomic mass is 16.6. The molecular weight excluding hydrogens is 496 g/mol. The number of carbonyl (C=O) groups is 4. The number of alkyl carbamates (subject to hydrolysis) is 1. The van der Waals surface area contributed by atoms with Crippen LogP contribution in [0.25, 0.3) is 0 Å². The summed E-state index contributed by atoms with van der Waals surface area (Å²) in [6.45, 7) is 5.07. The van der Waals surface area contributed by atoms with Gasteiger partial charge in [0.1, 0.15) is 18.7 Å². The lowest BCUT2D eigenvalue weighted by molar-refractivity contribution is -0.384. The lowest BCUT2D eigenvalue weighted by Gasteiger charge is -2.28. The maximum absolute atomic E-state index is 13.2. The molecule has 12 heteroatoms. The van der Waals surface area contributed by atoms with E-state index in [-0.39, 0.29) is 25.3 Å². The van der Waals surface area contributed by atoms with Crippen LogP contribution in [0.5, 0.6) is 0 Å². The van der Waals surface area contributed by atoms with E-state index in [0.29, 0.717) is 5.56 Å². The zero-order valence-corrected chi connectivity index (χ0v) is 21.4. The molecular formula is C26H32N4O8. The second-order valence-electron chi connectivity index (χ2n) is 8.78. The molecule has 0 fully saturated rings. The van der Waals surface area contributed by atoms with Crippen molar-refractivity contribution >= 4 is 29.6 Å². The van der Waals surface area contributed by atoms with Crippen LogP contribution in [0.2, 0.25) is 0 Å². The van der Waals surface area contributed by atoms with Crippen molar-refractivity contribution in [2.75, 3.05) is 6.61 Å². The molecule has 3 amide bonds. The summed E-state index contributed by atoms with van der Waals surface area (Å²) in [7, 11) is 0. The van der Waals surface area contributed by atoms with Crippen LogP contribution < -0.4 is 16.4 Å². The molecule has 0 bridgehead atoms. The molecule has 0 aliphatic heterocycles. The topological polar surface area (TPSA) is 180 Å². The second kappa shape index (κ2) is 14.3. The smallest absolute Gasteiger partial charge is 0.408 e. The number of primary amides is 1. The first-order valence-corrected chi connectivity index (χ1v) is 12.0. The fourth-order valence-electron chi connectivity index (χ4n) is 3.71. The van der Waals surface area contributed by atoms with Crippen molar-refractivity contribution in [2.45, 2.75) is 51.8 Å². The summed E-state index contributed by atoms with van der Waals surface area (Å²) in [5, 5.41) is 16.1. The van der Waals surface area contributed by atoms with Gasteiger partial charge in [-0.2, -0.15) is 0 Å². The molecule has 0 unspecified atom stereocenters. The third-order valence-corrected chi connectivity index (χ3v) is 5.67. The number of ether oxygens (including phenoxy) is 2. The number of hydrogen-bond donors (Lipinski definition) is 3. The fourth-order valence-corrected chi connectivity index (χ4v) is 3.71. The van der Waals surface area contributed by atoms with Crippen LogP contribution in [-0.4, -0.2) is 47.5 Å². The van der Waals surface area contributed by atoms with Gasteiger partial charge in [-0.25, -0.2) is 4.79 Å². The van der Waals surface area contributed by atoms with E-state index in [1.165, 1.54) is 24.3 Å². The van der Waals surface area contributed by atoms with E-state index < -0.39 is 52.7 Å². The number of benzene rings is 2. The van der Waals surface area contributed by atoms with Gasteiger partial charge in [-0.05, 0) is 24.0 Å². The van der Waals surface area contributed by atoms with Crippen LogP contribution in [0.1, 0.15) is 44.2 Å². The lowest BCUT2D eigenvalue weighted by Crippen LogP contribution is -2.56. The number of nitrogens with two attached hydrogens (primary N) is 1. The van der Waals surface area contributed by atoms with Crippen LogP contribution in [0.15, 0.2) is 54.6 Å². The Morgan fingerprint density at radius 1 is 0.947 bits per heavy atom. The van der Waals surface area contributed by atoms with E-state index >= 15 is 0 Å². The summed E-state index contributed by atoms with van der Waals surface area (Å²) >= 11 is 0. The molecule has 2 aromatic carbocycles. The van der Waals surface area contributed by atoms with Crippen LogP contribution in [0.3, 0.4) is 0 Å². The van der Waals surface area contributed by atoms with Crippen molar-refractivity contribution in [3.63, 3.8) is 0 Å². The minimum absolute atomic E-state index is 0.00915. The molecule has 0 spiro atoms. The third kappa shape index (κ3) is 8.87. The molecule has 0 heterocycles. The van der Waals surface area contributed by atoms with Gasteiger partial charge in [-0.15, -0.1) is 0 Å². The first kappa shape index (κ1) is 29.7. The van der Waals surface area contributed by atoms with E-state index in [1.54, 1.807) is 45.0 Å². The normalized spacial score (nSPS) is 13.1. The molecule has 2 rings (SSSR count). The Morgan fingerprint density at radius 2 is 1.58 bits per heavy atom. The van der Waals surface area contributed by atoms with Crippen LogP contribution in [-0.2, 0) is 30.5 Å². The Balaban J connectivity index is 2.23. The molecule has 2 aromatic rings. The summed E-state index contributed by atoms with van der Waals surface area (Å²) in [6.07, 6.45) is -1.17. The Labute approximate surface area is 220 Å². The average Bonchev–Trinajstić information content (AvgIpc) is 2.88. The molecule has 3 atom stereocenters. The standard InChI is InChI=1S/C26H32N4O8/c1-4-37-21(31)14-20(18-10-12-19(13-11-18)30(35)36)23(24(27)32)28-25(33)22(16(2)3)29-26(34)38-15-17-8-6-5-7-9-17/h5-13,16,20,22-23H,4,14-15H2,1-3H3,(H2,27,32)(H,28,33)(H,29,34)/t20-,22-,23-/m1/s1. The minimum Gasteiger partial charge on any atom is -0.466 e. The maximum atomic E-state index is 13.2. The van der Waals surface area contributed by atoms with Gasteiger partial charge in [-0.1, -0.05) is 56.3 Å². The van der Waals surface area contributed by atoms with Crippen LogP contribution in [0, 0.1) is 16.0 Å². The third-order valence-electron chi connectivity index (χ3n) is 5.67. The first-order valence-electron chi connectivity index (χ1n) is 12.0. The number of amides is 3. The quantitative estimate of drug-likeness (QED) is 0.201. The van der Waals surface area contributed by atoms with Crippen molar-refractivity contribution in [1.29, 1.82) is 0 Å². The van der Waals surface area contributed by atoms with Crippen molar-refractivity contribution in [3.8, 4) is 0 Å². The molecule has 0 aliphatic rings. The number of nitrogens with one attached hydrogen (secondary N) is 2. The van der Waals surface area contributed by atoms with E-state index in [2.05, 4.69) is 10.6 Å². The van der Waals surface area contributed by atoms with Gasteiger partial charge in [0.15, 0.2) is 0 Å². The fraction of sp³-hybridized carbons (Fsp3) is 0.385. The van der Waals surface area contributed by atoms with E-state index in [9.17, 15) is 29.3 Å². The van der Waals surface area contributed by atoms with Gasteiger partial charge >= 0.3 is 12.1 Å². The molecule has 38 heavy (non-hydrogen) atoms. The largest absolute Gasteiger partial charge is 0.466 e. The van der Waals surface area contributed by atoms with Crippen molar-refractivity contribution in [2.24, 2.45) is 11.7 Å². The molecule has 0 saturated carbocycles. The van der Waals surface area contributed by atoms with E-state index in [4.69, 9.17) is 15.2 Å². The highest BCUT2D eigenvalue weighted by molar-refractivity contribution is 5.92. The van der Waals surface area contributed by atoms with Crippen molar-refractivity contribution in [3.05, 3.63) is 75.8 Å². The number of non-ortho nitro benzene ring substituents is 1. The van der Waals surface area contributed by atoms with Crippen LogP contribution in [0.4, 0.5) is 10.5 Å². The number of rotatable bonds is 13. The number of carbonyl (C=O) groups excluding carboxylic acids is 4. The molecule has 0 radical (unpaired) electrons. The Bertz CT molecular complexity index is 1120. The monoisotopic (exact) mass is 528 g/mol. The maximum Gasteiger partial charge on any atom is 0.408 e. The number of hydrogen-bond acceptors (Lipinski definition) is 8. The number of nitro groups is 1. The molecule has 204 valence electrons. The van der Waals surface area contributed by atoms with Gasteiger partial charge in [0.05, 0.1) is 18.0 Å². The van der Waals surface area contributed by atoms with Gasteiger partial charge in [-0.3, -0.25) is 24.5 Å². The van der Waals surface area contributed by atoms with Gasteiger partial charge < -0.3 is 25.8 Å². The van der Waals surface area contributed by atoms with Crippen molar-refractivity contribution < 1.29 is 33.6 Å². The predicted molar refractivity (Wildman–Crippen MR) is 137 cm³/mol. The lowest BCUT2D eigenvalue weighted by atomic mass is 9.87. The predicted octanol–water partition coefficient (Wildman–Crippen LogP) is 2.55. The Morgan fingerprint density at radius 3 is 2.11 bits per heavy atom. The van der Waals surface area contributed by atoms with Crippen molar-refractivity contribution in [1.82, 2.24) is 10.6 Å². The summed E-state index contributed by atoms with van der Waals surface area (Å²) in [6, 6.07) is 11.7. The molecule has 0 aromatic heterocycles. The summed E-state index contributed by atoms with van der Waals surface area (Å²) in [4.78, 5) is 60.8. The summed E-state index contributed by atoms with van der Waals surface area (Å²) < 4.78 is 10.2. The van der Waals surface area contributed by atoms with Gasteiger partial charge in [0, 0.05) is 18.1 Å². The van der Waals surface area contributed by atoms with Gasteiger partial charge in [0.25, 0.3) is 5.69 Å². The molecule has 4 N–H and O–H groups in total. The van der Waals surface area contributed by atoms with Gasteiger partial charge in [0.2, 0.25) is 11.8 Å². The molecule has 12 nitrogen and oxygen atoms in total. The SMILES string of the molecule is CCOC(=O)C[C@H](c1ccc([N+](=O)[O-])cc1)[C@@H](NC(=O)[C@H](NC(=O)OCc1ccccc1)C(C)C)C(N)=O.